The zero-order chi connectivity index (χ0) is 12.0. The van der Waals surface area contributed by atoms with Crippen LogP contribution in [0.25, 0.3) is 6.08 Å². The van der Waals surface area contributed by atoms with Gasteiger partial charge >= 0.3 is 0 Å². The van der Waals surface area contributed by atoms with E-state index >= 15 is 0 Å². The Hall–Kier alpha value is -0.820. The standard InChI is InChI=1S/C15H22S/c1-5-10-15(3,4)12-13(2)8-9-14-7-6-11-16-14/h6-9,11-12H,5,10H2,1-4H3/b9-8+,13-12+. The molecule has 1 aromatic heterocycles. The number of hydrogen-bond acceptors (Lipinski definition) is 1. The number of thiophene rings is 1. The van der Waals surface area contributed by atoms with Gasteiger partial charge in [-0.3, -0.25) is 0 Å². The van der Waals surface area contributed by atoms with Crippen LogP contribution in [-0.4, -0.2) is 0 Å². The van der Waals surface area contributed by atoms with Gasteiger partial charge in [-0.2, -0.15) is 0 Å². The molecule has 88 valence electrons. The molecule has 1 aromatic rings. The van der Waals surface area contributed by atoms with Crippen molar-refractivity contribution in [3.63, 3.8) is 0 Å². The lowest BCUT2D eigenvalue weighted by atomic mass is 9.86. The van der Waals surface area contributed by atoms with Gasteiger partial charge in [0.1, 0.15) is 0 Å². The van der Waals surface area contributed by atoms with Crippen LogP contribution in [0.3, 0.4) is 0 Å². The van der Waals surface area contributed by atoms with E-state index in [0.717, 1.165) is 0 Å². The zero-order valence-electron chi connectivity index (χ0n) is 10.8. The van der Waals surface area contributed by atoms with Crippen LogP contribution < -0.4 is 0 Å². The predicted octanol–water partition coefficient (Wildman–Crippen LogP) is 5.53. The molecule has 0 saturated carbocycles. The van der Waals surface area contributed by atoms with Crippen molar-refractivity contribution in [1.82, 2.24) is 0 Å². The molecule has 0 aliphatic rings. The van der Waals surface area contributed by atoms with Crippen molar-refractivity contribution >= 4 is 17.4 Å². The molecular weight excluding hydrogens is 212 g/mol. The molecule has 0 aliphatic heterocycles. The van der Waals surface area contributed by atoms with Gasteiger partial charge in [-0.25, -0.2) is 0 Å². The van der Waals surface area contributed by atoms with Crippen LogP contribution in [0.15, 0.2) is 35.2 Å². The van der Waals surface area contributed by atoms with Crippen molar-refractivity contribution < 1.29 is 0 Å². The van der Waals surface area contributed by atoms with Gasteiger partial charge in [0.15, 0.2) is 0 Å². The lowest BCUT2D eigenvalue weighted by Crippen LogP contribution is -2.06. The summed E-state index contributed by atoms with van der Waals surface area (Å²) in [7, 11) is 0. The normalized spacial score (nSPS) is 13.6. The largest absolute Gasteiger partial charge is 0.144 e. The minimum absolute atomic E-state index is 0.318. The van der Waals surface area contributed by atoms with Crippen molar-refractivity contribution in [2.45, 2.75) is 40.5 Å². The van der Waals surface area contributed by atoms with Gasteiger partial charge in [-0.05, 0) is 36.3 Å². The Bertz CT molecular complexity index is 353. The average molecular weight is 234 g/mol. The SMILES string of the molecule is CCCC(C)(C)/C=C(C)/C=C/c1cccs1. The monoisotopic (exact) mass is 234 g/mol. The number of rotatable bonds is 5. The molecule has 0 radical (unpaired) electrons. The van der Waals surface area contributed by atoms with Crippen molar-refractivity contribution in [2.24, 2.45) is 5.41 Å². The van der Waals surface area contributed by atoms with E-state index in [1.54, 1.807) is 11.3 Å². The third-order valence-corrected chi connectivity index (χ3v) is 3.40. The second-order valence-corrected chi connectivity index (χ2v) is 5.95. The highest BCUT2D eigenvalue weighted by atomic mass is 32.1. The summed E-state index contributed by atoms with van der Waals surface area (Å²) in [5.41, 5.74) is 1.67. The maximum absolute atomic E-state index is 2.38. The highest BCUT2D eigenvalue weighted by Crippen LogP contribution is 2.26. The third kappa shape index (κ3) is 4.80. The van der Waals surface area contributed by atoms with E-state index in [1.807, 2.05) is 0 Å². The first-order valence-corrected chi connectivity index (χ1v) is 6.82. The topological polar surface area (TPSA) is 0 Å². The average Bonchev–Trinajstić information content (AvgIpc) is 2.66. The van der Waals surface area contributed by atoms with Crippen LogP contribution in [-0.2, 0) is 0 Å². The van der Waals surface area contributed by atoms with Gasteiger partial charge in [-0.1, -0.05) is 51.0 Å². The van der Waals surface area contributed by atoms with E-state index in [-0.39, 0.29) is 0 Å². The number of allylic oxidation sites excluding steroid dienone is 3. The van der Waals surface area contributed by atoms with E-state index in [0.29, 0.717) is 5.41 Å². The minimum atomic E-state index is 0.318. The first-order valence-electron chi connectivity index (χ1n) is 5.94. The van der Waals surface area contributed by atoms with E-state index in [4.69, 9.17) is 0 Å². The van der Waals surface area contributed by atoms with Crippen LogP contribution in [0.5, 0.6) is 0 Å². The molecule has 0 N–H and O–H groups in total. The van der Waals surface area contributed by atoms with Crippen LogP contribution in [0, 0.1) is 5.41 Å². The molecule has 0 unspecified atom stereocenters. The Kier molecular flexibility index (Phi) is 5.01. The highest BCUT2D eigenvalue weighted by Gasteiger charge is 2.12. The molecule has 0 spiro atoms. The lowest BCUT2D eigenvalue weighted by molar-refractivity contribution is 0.430. The van der Waals surface area contributed by atoms with E-state index in [2.05, 4.69) is 63.4 Å². The molecule has 1 heteroatoms. The summed E-state index contributed by atoms with van der Waals surface area (Å²) in [5.74, 6) is 0. The van der Waals surface area contributed by atoms with E-state index < -0.39 is 0 Å². The summed E-state index contributed by atoms with van der Waals surface area (Å²) < 4.78 is 0. The van der Waals surface area contributed by atoms with Crippen molar-refractivity contribution in [1.29, 1.82) is 0 Å². The summed E-state index contributed by atoms with van der Waals surface area (Å²) in [4.78, 5) is 1.32. The Balaban J connectivity index is 2.64. The molecule has 0 saturated heterocycles. The zero-order valence-corrected chi connectivity index (χ0v) is 11.6. The summed E-state index contributed by atoms with van der Waals surface area (Å²) in [6.07, 6.45) is 9.27. The van der Waals surface area contributed by atoms with E-state index in [1.165, 1.54) is 23.3 Å². The van der Waals surface area contributed by atoms with Crippen molar-refractivity contribution in [3.05, 3.63) is 40.1 Å². The fourth-order valence-corrected chi connectivity index (χ4v) is 2.60. The third-order valence-electron chi connectivity index (χ3n) is 2.57. The van der Waals surface area contributed by atoms with Crippen LogP contribution in [0.4, 0.5) is 0 Å². The Morgan fingerprint density at radius 3 is 2.75 bits per heavy atom. The van der Waals surface area contributed by atoms with Crippen molar-refractivity contribution in [3.8, 4) is 0 Å². The molecule has 0 fully saturated rings. The molecule has 0 amide bonds. The van der Waals surface area contributed by atoms with Gasteiger partial charge in [0.25, 0.3) is 0 Å². The molecule has 1 rings (SSSR count). The maximum atomic E-state index is 2.38. The molecule has 0 atom stereocenters. The van der Waals surface area contributed by atoms with Crippen LogP contribution >= 0.6 is 11.3 Å². The Labute approximate surface area is 104 Å². The molecule has 0 aliphatic carbocycles. The van der Waals surface area contributed by atoms with Crippen molar-refractivity contribution in [2.75, 3.05) is 0 Å². The van der Waals surface area contributed by atoms with Crippen LogP contribution in [0.2, 0.25) is 0 Å². The fourth-order valence-electron chi connectivity index (χ4n) is 1.98. The molecule has 16 heavy (non-hydrogen) atoms. The summed E-state index contributed by atoms with van der Waals surface area (Å²) in [5, 5.41) is 2.11. The highest BCUT2D eigenvalue weighted by molar-refractivity contribution is 7.10. The first kappa shape index (κ1) is 13.2. The molecule has 0 aromatic carbocycles. The second-order valence-electron chi connectivity index (χ2n) is 4.98. The van der Waals surface area contributed by atoms with Gasteiger partial charge in [0.2, 0.25) is 0 Å². The smallest absolute Gasteiger partial charge is 0.0270 e. The second kappa shape index (κ2) is 6.05. The van der Waals surface area contributed by atoms with Gasteiger partial charge < -0.3 is 0 Å². The molecule has 0 nitrogen and oxygen atoms in total. The lowest BCUT2D eigenvalue weighted by Gasteiger charge is -2.19. The summed E-state index contributed by atoms with van der Waals surface area (Å²) >= 11 is 1.78. The molecule has 1 heterocycles. The van der Waals surface area contributed by atoms with Crippen LogP contribution in [0.1, 0.15) is 45.4 Å². The fraction of sp³-hybridized carbons (Fsp3) is 0.467. The van der Waals surface area contributed by atoms with E-state index in [9.17, 15) is 0 Å². The minimum Gasteiger partial charge on any atom is -0.144 e. The first-order chi connectivity index (χ1) is 7.53. The number of hydrogen-bond donors (Lipinski definition) is 0. The summed E-state index contributed by atoms with van der Waals surface area (Å²) in [6, 6.07) is 4.23. The van der Waals surface area contributed by atoms with Gasteiger partial charge in [-0.15, -0.1) is 11.3 Å². The quantitative estimate of drug-likeness (QED) is 0.587. The Morgan fingerprint density at radius 1 is 1.44 bits per heavy atom. The molecule has 0 bridgehead atoms. The molecular formula is C15H22S. The maximum Gasteiger partial charge on any atom is 0.0270 e. The van der Waals surface area contributed by atoms with Gasteiger partial charge in [0.05, 0.1) is 0 Å². The summed E-state index contributed by atoms with van der Waals surface area (Å²) in [6.45, 7) is 9.03. The predicted molar refractivity (Wildman–Crippen MR) is 75.8 cm³/mol. The Morgan fingerprint density at radius 2 is 2.19 bits per heavy atom. The van der Waals surface area contributed by atoms with Gasteiger partial charge in [0, 0.05) is 4.88 Å².